The van der Waals surface area contributed by atoms with E-state index in [9.17, 15) is 14.4 Å². The number of urea groups is 1. The van der Waals surface area contributed by atoms with Crippen molar-refractivity contribution in [3.05, 3.63) is 65.2 Å². The Morgan fingerprint density at radius 3 is 2.68 bits per heavy atom. The first-order valence-electron chi connectivity index (χ1n) is 11.5. The van der Waals surface area contributed by atoms with Crippen LogP contribution in [0.4, 0.5) is 4.79 Å². The molecule has 2 saturated heterocycles. The third kappa shape index (κ3) is 4.92. The molecular weight excluding hydrogens is 434 g/mol. The van der Waals surface area contributed by atoms with Gasteiger partial charge in [0, 0.05) is 19.7 Å². The highest BCUT2D eigenvalue weighted by molar-refractivity contribution is 6.09. The summed E-state index contributed by atoms with van der Waals surface area (Å²) in [5.41, 5.74) is 1.42. The predicted molar refractivity (Wildman–Crippen MR) is 126 cm³/mol. The second-order valence-electron chi connectivity index (χ2n) is 9.07. The number of nitrogens with one attached hydrogen (secondary N) is 1. The van der Waals surface area contributed by atoms with Crippen LogP contribution < -0.4 is 10.1 Å². The Bertz CT molecular complexity index is 1060. The van der Waals surface area contributed by atoms with Crippen LogP contribution in [0.5, 0.6) is 5.75 Å². The van der Waals surface area contributed by atoms with Crippen molar-refractivity contribution >= 4 is 17.8 Å². The summed E-state index contributed by atoms with van der Waals surface area (Å²) < 4.78 is 11.1. The standard InChI is InChI=1S/C26H31N3O5/c1-18-9-11-20(12-10-18)26(2)24(31)29(25(32)27-26)17-23(30)28(16-22-8-5-13-34-22)15-19-6-4-7-21(14-19)33-3/h4,6-7,9-12,14,22H,5,8,13,15-17H2,1-3H3,(H,27,32). The van der Waals surface area contributed by atoms with Crippen LogP contribution in [0, 0.1) is 6.92 Å². The van der Waals surface area contributed by atoms with Crippen LogP contribution in [0.3, 0.4) is 0 Å². The summed E-state index contributed by atoms with van der Waals surface area (Å²) in [5, 5.41) is 2.77. The summed E-state index contributed by atoms with van der Waals surface area (Å²) in [6, 6.07) is 14.4. The van der Waals surface area contributed by atoms with Gasteiger partial charge in [-0.05, 0) is 49.9 Å². The van der Waals surface area contributed by atoms with E-state index in [-0.39, 0.29) is 18.6 Å². The average molecular weight is 466 g/mol. The summed E-state index contributed by atoms with van der Waals surface area (Å²) in [6.07, 6.45) is 1.76. The van der Waals surface area contributed by atoms with Crippen molar-refractivity contribution in [3.8, 4) is 5.75 Å². The largest absolute Gasteiger partial charge is 0.497 e. The van der Waals surface area contributed by atoms with Gasteiger partial charge in [-0.2, -0.15) is 0 Å². The Morgan fingerprint density at radius 1 is 1.24 bits per heavy atom. The van der Waals surface area contributed by atoms with Gasteiger partial charge in [-0.3, -0.25) is 14.5 Å². The average Bonchev–Trinajstić information content (AvgIpc) is 3.41. The van der Waals surface area contributed by atoms with Crippen LogP contribution in [0.15, 0.2) is 48.5 Å². The van der Waals surface area contributed by atoms with Crippen molar-refractivity contribution in [2.75, 3.05) is 26.8 Å². The summed E-state index contributed by atoms with van der Waals surface area (Å²) in [6.45, 7) is 4.69. The Kier molecular flexibility index (Phi) is 6.88. The Labute approximate surface area is 199 Å². The van der Waals surface area contributed by atoms with Crippen LogP contribution in [0.2, 0.25) is 0 Å². The fourth-order valence-electron chi connectivity index (χ4n) is 4.44. The number of ether oxygens (including phenoxy) is 2. The number of carbonyl (C=O) groups excluding carboxylic acids is 3. The lowest BCUT2D eigenvalue weighted by Gasteiger charge is -2.27. The Morgan fingerprint density at radius 2 is 2.00 bits per heavy atom. The normalized spacial score (nSPS) is 22.1. The third-order valence-corrected chi connectivity index (χ3v) is 6.51. The van der Waals surface area contributed by atoms with E-state index in [2.05, 4.69) is 5.32 Å². The van der Waals surface area contributed by atoms with Gasteiger partial charge in [0.05, 0.1) is 13.2 Å². The molecular formula is C26H31N3O5. The van der Waals surface area contributed by atoms with Gasteiger partial charge in [-0.1, -0.05) is 42.0 Å². The summed E-state index contributed by atoms with van der Waals surface area (Å²) in [7, 11) is 1.59. The molecule has 0 bridgehead atoms. The number of hydrogen-bond acceptors (Lipinski definition) is 5. The maximum absolute atomic E-state index is 13.4. The molecule has 2 fully saturated rings. The minimum Gasteiger partial charge on any atom is -0.497 e. The number of aryl methyl sites for hydroxylation is 1. The highest BCUT2D eigenvalue weighted by atomic mass is 16.5. The van der Waals surface area contributed by atoms with Gasteiger partial charge in [0.2, 0.25) is 5.91 Å². The number of hydrogen-bond donors (Lipinski definition) is 1. The molecule has 2 heterocycles. The van der Waals surface area contributed by atoms with Crippen molar-refractivity contribution in [1.82, 2.24) is 15.1 Å². The minimum absolute atomic E-state index is 0.0597. The fraction of sp³-hybridized carbons (Fsp3) is 0.423. The van der Waals surface area contributed by atoms with Crippen LogP contribution in [-0.2, 0) is 26.4 Å². The number of carbonyl (C=O) groups is 3. The molecule has 0 radical (unpaired) electrons. The topological polar surface area (TPSA) is 88.2 Å². The maximum atomic E-state index is 13.4. The van der Waals surface area contributed by atoms with E-state index in [0.29, 0.717) is 31.0 Å². The number of rotatable bonds is 8. The highest BCUT2D eigenvalue weighted by Gasteiger charge is 2.49. The van der Waals surface area contributed by atoms with E-state index in [1.807, 2.05) is 55.5 Å². The number of amides is 4. The SMILES string of the molecule is COc1cccc(CN(CC2CCCO2)C(=O)CN2C(=O)NC(C)(c3ccc(C)cc3)C2=O)c1. The van der Waals surface area contributed by atoms with Gasteiger partial charge < -0.3 is 19.7 Å². The van der Waals surface area contributed by atoms with E-state index in [4.69, 9.17) is 9.47 Å². The summed E-state index contributed by atoms with van der Waals surface area (Å²) in [5.74, 6) is -0.0481. The summed E-state index contributed by atoms with van der Waals surface area (Å²) >= 11 is 0. The molecule has 2 aromatic carbocycles. The first-order chi connectivity index (χ1) is 16.3. The molecule has 0 saturated carbocycles. The molecule has 4 amide bonds. The van der Waals surface area contributed by atoms with Gasteiger partial charge in [0.1, 0.15) is 17.8 Å². The van der Waals surface area contributed by atoms with E-state index >= 15 is 0 Å². The second-order valence-corrected chi connectivity index (χ2v) is 9.07. The molecule has 0 aliphatic carbocycles. The van der Waals surface area contributed by atoms with Crippen molar-refractivity contribution < 1.29 is 23.9 Å². The molecule has 2 aliphatic rings. The smallest absolute Gasteiger partial charge is 0.325 e. The van der Waals surface area contributed by atoms with Crippen molar-refractivity contribution in [2.24, 2.45) is 0 Å². The van der Waals surface area contributed by atoms with Gasteiger partial charge in [-0.15, -0.1) is 0 Å². The Hall–Kier alpha value is -3.39. The lowest BCUT2D eigenvalue weighted by molar-refractivity contribution is -0.140. The number of nitrogens with zero attached hydrogens (tertiary/aromatic N) is 2. The zero-order valence-corrected chi connectivity index (χ0v) is 19.9. The molecule has 4 rings (SSSR count). The monoisotopic (exact) mass is 465 g/mol. The van der Waals surface area contributed by atoms with Gasteiger partial charge in [0.15, 0.2) is 0 Å². The second kappa shape index (κ2) is 9.85. The zero-order chi connectivity index (χ0) is 24.3. The van der Waals surface area contributed by atoms with Gasteiger partial charge in [0.25, 0.3) is 5.91 Å². The lowest BCUT2D eigenvalue weighted by Crippen LogP contribution is -2.46. The molecule has 2 aromatic rings. The van der Waals surface area contributed by atoms with Crippen LogP contribution >= 0.6 is 0 Å². The molecule has 0 aromatic heterocycles. The first kappa shape index (κ1) is 23.8. The summed E-state index contributed by atoms with van der Waals surface area (Å²) in [4.78, 5) is 42.1. The molecule has 0 spiro atoms. The van der Waals surface area contributed by atoms with Crippen molar-refractivity contribution in [2.45, 2.75) is 44.9 Å². The van der Waals surface area contributed by atoms with E-state index in [1.165, 1.54) is 0 Å². The third-order valence-electron chi connectivity index (χ3n) is 6.51. The quantitative estimate of drug-likeness (QED) is 0.606. The van der Waals surface area contributed by atoms with Gasteiger partial charge in [-0.25, -0.2) is 4.79 Å². The number of methoxy groups -OCH3 is 1. The van der Waals surface area contributed by atoms with Crippen LogP contribution in [-0.4, -0.2) is 60.6 Å². The van der Waals surface area contributed by atoms with Crippen molar-refractivity contribution in [3.63, 3.8) is 0 Å². The maximum Gasteiger partial charge on any atom is 0.325 e. The number of imide groups is 1. The minimum atomic E-state index is -1.21. The van der Waals surface area contributed by atoms with Crippen LogP contribution in [0.1, 0.15) is 36.5 Å². The highest BCUT2D eigenvalue weighted by Crippen LogP contribution is 2.29. The Balaban J connectivity index is 1.52. The zero-order valence-electron chi connectivity index (χ0n) is 19.9. The van der Waals surface area contributed by atoms with Gasteiger partial charge >= 0.3 is 6.03 Å². The first-order valence-corrected chi connectivity index (χ1v) is 11.5. The molecule has 8 nitrogen and oxygen atoms in total. The van der Waals surface area contributed by atoms with Crippen LogP contribution in [0.25, 0.3) is 0 Å². The number of benzene rings is 2. The fourth-order valence-corrected chi connectivity index (χ4v) is 4.44. The lowest BCUT2D eigenvalue weighted by atomic mass is 9.91. The molecule has 2 atom stereocenters. The molecule has 180 valence electrons. The van der Waals surface area contributed by atoms with E-state index in [1.54, 1.807) is 18.9 Å². The molecule has 2 aliphatic heterocycles. The molecule has 2 unspecified atom stereocenters. The van der Waals surface area contributed by atoms with E-state index < -0.39 is 17.5 Å². The molecule has 1 N–H and O–H groups in total. The molecule has 8 heteroatoms. The van der Waals surface area contributed by atoms with Crippen molar-refractivity contribution in [1.29, 1.82) is 0 Å². The molecule has 34 heavy (non-hydrogen) atoms. The van der Waals surface area contributed by atoms with E-state index in [0.717, 1.165) is 28.9 Å². The predicted octanol–water partition coefficient (Wildman–Crippen LogP) is 2.98.